The van der Waals surface area contributed by atoms with E-state index in [0.717, 1.165) is 24.2 Å². The van der Waals surface area contributed by atoms with E-state index in [0.29, 0.717) is 0 Å². The Morgan fingerprint density at radius 2 is 1.96 bits per heavy atom. The fourth-order valence-corrected chi connectivity index (χ4v) is 5.76. The Hall–Kier alpha value is -2.70. The van der Waals surface area contributed by atoms with Gasteiger partial charge in [0.2, 0.25) is 0 Å². The van der Waals surface area contributed by atoms with Crippen molar-refractivity contribution >= 4 is 11.9 Å². The van der Waals surface area contributed by atoms with Crippen LogP contribution in [0.15, 0.2) is 24.3 Å². The van der Waals surface area contributed by atoms with Gasteiger partial charge in [0, 0.05) is 17.3 Å². The summed E-state index contributed by atoms with van der Waals surface area (Å²) in [5, 5.41) is 16.8. The van der Waals surface area contributed by atoms with Gasteiger partial charge in [-0.15, -0.1) is 0 Å². The number of nitrogens with zero attached hydrogens (tertiary/aromatic N) is 2. The van der Waals surface area contributed by atoms with Crippen molar-refractivity contribution < 1.29 is 19.1 Å². The number of halogens is 1. The molecule has 1 amide bonds. The van der Waals surface area contributed by atoms with Crippen molar-refractivity contribution in [2.45, 2.75) is 32.7 Å². The van der Waals surface area contributed by atoms with Gasteiger partial charge in [0.1, 0.15) is 11.5 Å². The summed E-state index contributed by atoms with van der Waals surface area (Å²) in [6.45, 7) is 3.67. The number of carbonyl (C=O) groups excluding carboxylic acids is 1. The minimum absolute atomic E-state index is 0.190. The molecule has 0 aliphatic heterocycles. The first-order chi connectivity index (χ1) is 12.8. The van der Waals surface area contributed by atoms with Crippen LogP contribution in [0.25, 0.3) is 5.69 Å². The van der Waals surface area contributed by atoms with Crippen LogP contribution in [0.3, 0.4) is 0 Å². The van der Waals surface area contributed by atoms with Gasteiger partial charge in [0.15, 0.2) is 0 Å². The number of amides is 1. The molecule has 4 aliphatic carbocycles. The highest BCUT2D eigenvalue weighted by molar-refractivity contribution is 5.96. The smallest absolute Gasteiger partial charge is 0.312 e. The van der Waals surface area contributed by atoms with Crippen molar-refractivity contribution in [2.75, 3.05) is 0 Å². The zero-order valence-electron chi connectivity index (χ0n) is 15.1. The Kier molecular flexibility index (Phi) is 3.16. The van der Waals surface area contributed by atoms with Crippen LogP contribution in [0.4, 0.5) is 4.39 Å². The predicted molar refractivity (Wildman–Crippen MR) is 94.0 cm³/mol. The van der Waals surface area contributed by atoms with Crippen LogP contribution < -0.4 is 5.32 Å². The van der Waals surface area contributed by atoms with Gasteiger partial charge >= 0.3 is 5.97 Å². The number of aryl methyl sites for hydroxylation is 2. The van der Waals surface area contributed by atoms with Gasteiger partial charge < -0.3 is 10.4 Å². The van der Waals surface area contributed by atoms with E-state index in [1.165, 1.54) is 16.8 Å². The van der Waals surface area contributed by atoms with Crippen LogP contribution in [-0.4, -0.2) is 32.8 Å². The largest absolute Gasteiger partial charge is 0.481 e. The number of aliphatic carboxylic acids is 1. The highest BCUT2D eigenvalue weighted by Crippen LogP contribution is 2.79. The van der Waals surface area contributed by atoms with E-state index in [9.17, 15) is 19.1 Å². The molecule has 2 N–H and O–H groups in total. The Bertz CT molecular complexity index is 986. The summed E-state index contributed by atoms with van der Waals surface area (Å²) >= 11 is 0. The molecule has 0 radical (unpaired) electrons. The minimum atomic E-state index is -0.811. The third-order valence-corrected chi connectivity index (χ3v) is 6.81. The SMILES string of the molecule is Cc1cc(C)n(-c2ccc(C(=O)NC3C4CC5C(C4)C53C(=O)O)cc2F)n1. The van der Waals surface area contributed by atoms with E-state index in [2.05, 4.69) is 10.4 Å². The first-order valence-electron chi connectivity index (χ1n) is 9.21. The number of benzene rings is 1. The van der Waals surface area contributed by atoms with Crippen LogP contribution in [0, 0.1) is 42.8 Å². The quantitative estimate of drug-likeness (QED) is 0.867. The third-order valence-electron chi connectivity index (χ3n) is 6.81. The van der Waals surface area contributed by atoms with Crippen molar-refractivity contribution in [2.24, 2.45) is 23.2 Å². The molecule has 7 heteroatoms. The first kappa shape index (κ1) is 16.5. The topological polar surface area (TPSA) is 84.2 Å². The summed E-state index contributed by atoms with van der Waals surface area (Å²) in [5.74, 6) is -1.17. The standard InChI is InChI=1S/C20H20FN3O3/c1-9-5-10(2)24(23-9)16-4-3-11(8-15(16)21)18(25)22-17-12-6-13-14(7-12)20(13,17)19(26)27/h3-5,8,12-14,17H,6-7H2,1-2H3,(H,22,25)(H,26,27). The first-order valence-corrected chi connectivity index (χ1v) is 9.21. The van der Waals surface area contributed by atoms with Crippen molar-refractivity contribution in [3.63, 3.8) is 0 Å². The van der Waals surface area contributed by atoms with Crippen molar-refractivity contribution in [1.82, 2.24) is 15.1 Å². The monoisotopic (exact) mass is 369 g/mol. The molecule has 4 fully saturated rings. The lowest BCUT2D eigenvalue weighted by molar-refractivity contribution is -0.144. The summed E-state index contributed by atoms with van der Waals surface area (Å²) in [4.78, 5) is 24.5. The van der Waals surface area contributed by atoms with E-state index in [1.54, 1.807) is 6.07 Å². The van der Waals surface area contributed by atoms with Gasteiger partial charge in [-0.05, 0) is 68.7 Å². The van der Waals surface area contributed by atoms with Gasteiger partial charge in [0.25, 0.3) is 5.91 Å². The maximum atomic E-state index is 14.6. The molecule has 27 heavy (non-hydrogen) atoms. The second-order valence-corrected chi connectivity index (χ2v) is 8.14. The van der Waals surface area contributed by atoms with Crippen molar-refractivity contribution in [1.29, 1.82) is 0 Å². The molecule has 4 bridgehead atoms. The number of carbonyl (C=O) groups is 2. The van der Waals surface area contributed by atoms with E-state index in [4.69, 9.17) is 0 Å². The molecule has 3 unspecified atom stereocenters. The van der Waals surface area contributed by atoms with Crippen LogP contribution in [-0.2, 0) is 4.79 Å². The minimum Gasteiger partial charge on any atom is -0.481 e. The van der Waals surface area contributed by atoms with Crippen LogP contribution in [0.2, 0.25) is 0 Å². The number of carboxylic acids is 1. The Balaban J connectivity index is 1.40. The average Bonchev–Trinajstić information content (AvgIpc) is 3.05. The van der Waals surface area contributed by atoms with Gasteiger partial charge in [-0.25, -0.2) is 9.07 Å². The Morgan fingerprint density at radius 3 is 2.52 bits per heavy atom. The van der Waals surface area contributed by atoms with Crippen molar-refractivity contribution in [3.05, 3.63) is 47.0 Å². The molecule has 1 aromatic carbocycles. The number of hydrogen-bond donors (Lipinski definition) is 2. The van der Waals surface area contributed by atoms with Gasteiger partial charge in [-0.2, -0.15) is 5.10 Å². The molecule has 1 aromatic heterocycles. The number of nitrogens with one attached hydrogen (secondary N) is 1. The summed E-state index contributed by atoms with van der Waals surface area (Å²) in [6.07, 6.45) is 1.74. The fourth-order valence-electron chi connectivity index (χ4n) is 5.76. The molecule has 3 atom stereocenters. The van der Waals surface area contributed by atoms with Crippen molar-refractivity contribution in [3.8, 4) is 5.69 Å². The van der Waals surface area contributed by atoms with Crippen LogP contribution in [0.1, 0.15) is 34.6 Å². The number of carboxylic acid groups (broad SMARTS) is 1. The lowest BCUT2D eigenvalue weighted by Gasteiger charge is -2.22. The van der Waals surface area contributed by atoms with Crippen LogP contribution in [0.5, 0.6) is 0 Å². The van der Waals surface area contributed by atoms with E-state index in [-0.39, 0.29) is 35.0 Å². The molecular weight excluding hydrogens is 349 g/mol. The molecule has 4 aliphatic rings. The van der Waals surface area contributed by atoms with E-state index >= 15 is 0 Å². The summed E-state index contributed by atoms with van der Waals surface area (Å²) in [6, 6.07) is 5.78. The lowest BCUT2D eigenvalue weighted by atomic mass is 9.97. The molecule has 0 spiro atoms. The molecule has 6 rings (SSSR count). The van der Waals surface area contributed by atoms with Gasteiger partial charge in [-0.1, -0.05) is 0 Å². The fraction of sp³-hybridized carbons (Fsp3) is 0.450. The molecule has 6 nitrogen and oxygen atoms in total. The summed E-state index contributed by atoms with van der Waals surface area (Å²) in [5.41, 5.74) is 1.27. The van der Waals surface area contributed by atoms with Gasteiger partial charge in [0.05, 0.1) is 11.1 Å². The highest BCUT2D eigenvalue weighted by atomic mass is 19.1. The lowest BCUT2D eigenvalue weighted by Crippen LogP contribution is -2.44. The van der Waals surface area contributed by atoms with E-state index in [1.807, 2.05) is 19.9 Å². The second-order valence-electron chi connectivity index (χ2n) is 8.14. The summed E-state index contributed by atoms with van der Waals surface area (Å²) < 4.78 is 16.1. The summed E-state index contributed by atoms with van der Waals surface area (Å²) in [7, 11) is 0. The predicted octanol–water partition coefficient (Wildman–Crippen LogP) is 2.47. The van der Waals surface area contributed by atoms with Gasteiger partial charge in [-0.3, -0.25) is 9.59 Å². The number of aromatic nitrogens is 2. The Labute approximate surface area is 155 Å². The zero-order chi connectivity index (χ0) is 19.1. The molecular formula is C20H20FN3O3. The highest BCUT2D eigenvalue weighted by Gasteiger charge is 2.83. The molecule has 0 saturated heterocycles. The molecule has 1 heterocycles. The zero-order valence-corrected chi connectivity index (χ0v) is 15.1. The molecule has 2 aromatic rings. The molecule has 4 saturated carbocycles. The molecule has 140 valence electrons. The third kappa shape index (κ3) is 2.02. The maximum absolute atomic E-state index is 14.6. The van der Waals surface area contributed by atoms with E-state index < -0.39 is 23.1 Å². The second kappa shape index (κ2) is 5.18. The van der Waals surface area contributed by atoms with Crippen LogP contribution >= 0.6 is 0 Å². The number of hydrogen-bond acceptors (Lipinski definition) is 3. The average molecular weight is 369 g/mol. The number of rotatable bonds is 4. The Morgan fingerprint density at radius 1 is 1.26 bits per heavy atom. The maximum Gasteiger partial charge on any atom is 0.312 e. The normalized spacial score (nSPS) is 32.6.